The van der Waals surface area contributed by atoms with Crippen molar-refractivity contribution in [3.8, 4) is 6.07 Å². The van der Waals surface area contributed by atoms with E-state index in [0.717, 1.165) is 12.1 Å². The average Bonchev–Trinajstić information content (AvgIpc) is 2.33. The first-order chi connectivity index (χ1) is 4.38. The van der Waals surface area contributed by atoms with Gasteiger partial charge in [0.25, 0.3) is 0 Å². The van der Waals surface area contributed by atoms with Crippen LogP contribution in [0.15, 0.2) is 16.9 Å². The van der Waals surface area contributed by atoms with Gasteiger partial charge < -0.3 is 0 Å². The molecule has 1 radical (unpaired) electrons. The molecule has 9 heavy (non-hydrogen) atoms. The molecule has 0 saturated heterocycles. The molecule has 3 heteroatoms. The maximum atomic E-state index is 8.41. The van der Waals surface area contributed by atoms with Gasteiger partial charge in [-0.15, -0.1) is 0 Å². The molecule has 3 nitrogen and oxygen atoms in total. The Kier molecular flexibility index (Phi) is 1.50. The van der Waals surface area contributed by atoms with Crippen LogP contribution in [0.4, 0.5) is 0 Å². The Bertz CT molecular complexity index is 207. The number of nitrogens with zero attached hydrogens (tertiary/aromatic N) is 3. The highest BCUT2D eigenvalue weighted by Crippen LogP contribution is 2.04. The van der Waals surface area contributed by atoms with Gasteiger partial charge in [-0.2, -0.15) is 15.8 Å². The fraction of sp³-hybridized carbons (Fsp3) is 0.333. The highest BCUT2D eigenvalue weighted by molar-refractivity contribution is 6.04. The van der Waals surface area contributed by atoms with Crippen LogP contribution in [0.2, 0.25) is 0 Å². The van der Waals surface area contributed by atoms with Crippen LogP contribution in [0.1, 0.15) is 13.3 Å². The lowest BCUT2D eigenvalue weighted by molar-refractivity contribution is 0.964. The van der Waals surface area contributed by atoms with Crippen molar-refractivity contribution in [3.05, 3.63) is 11.8 Å². The van der Waals surface area contributed by atoms with Crippen LogP contribution in [0.3, 0.4) is 0 Å². The maximum absolute atomic E-state index is 8.41. The molecule has 1 rings (SSSR count). The van der Waals surface area contributed by atoms with Crippen molar-refractivity contribution in [2.24, 2.45) is 5.10 Å². The van der Waals surface area contributed by atoms with E-state index in [-0.39, 0.29) is 0 Å². The average molecular weight is 120 g/mol. The number of allylic oxidation sites excluding steroid dienone is 1. The Balaban J connectivity index is 2.77. The fourth-order valence-corrected chi connectivity index (χ4v) is 0.639. The summed E-state index contributed by atoms with van der Waals surface area (Å²) in [5.74, 6) is 0. The third-order valence-electron chi connectivity index (χ3n) is 1.13. The Hall–Kier alpha value is -1.30. The molecule has 0 aromatic carbocycles. The van der Waals surface area contributed by atoms with E-state index in [1.807, 2.05) is 13.0 Å². The van der Waals surface area contributed by atoms with Crippen molar-refractivity contribution in [2.45, 2.75) is 13.3 Å². The monoisotopic (exact) mass is 120 g/mol. The number of hydrogen-bond acceptors (Lipinski definition) is 2. The number of nitriles is 1. The first kappa shape index (κ1) is 5.83. The molecule has 1 heterocycles. The van der Waals surface area contributed by atoms with Gasteiger partial charge in [-0.1, -0.05) is 6.92 Å². The van der Waals surface area contributed by atoms with Gasteiger partial charge in [0, 0.05) is 0 Å². The van der Waals surface area contributed by atoms with Crippen molar-refractivity contribution >= 4 is 5.71 Å². The molecular weight excluding hydrogens is 114 g/mol. The third kappa shape index (κ3) is 0.918. The molecule has 0 bridgehead atoms. The Labute approximate surface area is 53.7 Å². The smallest absolute Gasteiger partial charge is 0.103 e. The van der Waals surface area contributed by atoms with E-state index in [1.165, 1.54) is 6.20 Å². The molecule has 1 aliphatic heterocycles. The van der Waals surface area contributed by atoms with Crippen molar-refractivity contribution in [2.75, 3.05) is 0 Å². The van der Waals surface area contributed by atoms with Gasteiger partial charge in [-0.05, 0) is 6.42 Å². The zero-order valence-electron chi connectivity index (χ0n) is 5.13. The van der Waals surface area contributed by atoms with Crippen LogP contribution in [-0.4, -0.2) is 5.71 Å². The molecule has 1 aliphatic rings. The molecule has 0 atom stereocenters. The van der Waals surface area contributed by atoms with Gasteiger partial charge in [0.2, 0.25) is 0 Å². The van der Waals surface area contributed by atoms with E-state index in [0.29, 0.717) is 5.57 Å². The minimum Gasteiger partial charge on any atom is -0.192 e. The van der Waals surface area contributed by atoms with Crippen molar-refractivity contribution in [1.29, 1.82) is 5.26 Å². The molecule has 0 spiro atoms. The summed E-state index contributed by atoms with van der Waals surface area (Å²) in [7, 11) is 0. The zero-order chi connectivity index (χ0) is 6.69. The van der Waals surface area contributed by atoms with Crippen LogP contribution in [-0.2, 0) is 0 Å². The molecule has 0 N–H and O–H groups in total. The van der Waals surface area contributed by atoms with Crippen LogP contribution in [0.25, 0.3) is 0 Å². The molecule has 0 amide bonds. The number of rotatable bonds is 1. The predicted octanol–water partition coefficient (Wildman–Crippen LogP) is 0.778. The summed E-state index contributed by atoms with van der Waals surface area (Å²) in [6.45, 7) is 1.95. The van der Waals surface area contributed by atoms with Gasteiger partial charge in [0.1, 0.15) is 6.07 Å². The Morgan fingerprint density at radius 3 is 3.00 bits per heavy atom. The summed E-state index contributed by atoms with van der Waals surface area (Å²) in [6.07, 6.45) is 2.27. The van der Waals surface area contributed by atoms with Crippen molar-refractivity contribution in [3.63, 3.8) is 0 Å². The van der Waals surface area contributed by atoms with Gasteiger partial charge >= 0.3 is 0 Å². The third-order valence-corrected chi connectivity index (χ3v) is 1.13. The summed E-state index contributed by atoms with van der Waals surface area (Å²) in [4.78, 5) is 0. The van der Waals surface area contributed by atoms with Crippen LogP contribution in [0, 0.1) is 11.3 Å². The summed E-state index contributed by atoms with van der Waals surface area (Å²) in [5.41, 5.74) is 4.98. The first-order valence-corrected chi connectivity index (χ1v) is 2.75. The lowest BCUT2D eigenvalue weighted by atomic mass is 10.1. The van der Waals surface area contributed by atoms with Gasteiger partial charge in [0.05, 0.1) is 17.5 Å². The first-order valence-electron chi connectivity index (χ1n) is 2.75. The van der Waals surface area contributed by atoms with Crippen molar-refractivity contribution in [1.82, 2.24) is 5.43 Å². The van der Waals surface area contributed by atoms with E-state index >= 15 is 0 Å². The van der Waals surface area contributed by atoms with Crippen LogP contribution in [0.5, 0.6) is 0 Å². The highest BCUT2D eigenvalue weighted by Gasteiger charge is 2.08. The number of hydrogen-bond donors (Lipinski definition) is 0. The quantitative estimate of drug-likeness (QED) is 0.504. The largest absolute Gasteiger partial charge is 0.192 e. The Morgan fingerprint density at radius 2 is 2.56 bits per heavy atom. The minimum atomic E-state index is 0.595. The van der Waals surface area contributed by atoms with Crippen LogP contribution < -0.4 is 5.43 Å². The second-order valence-corrected chi connectivity index (χ2v) is 1.67. The molecular formula is C6H6N3. The lowest BCUT2D eigenvalue weighted by Crippen LogP contribution is -1.93. The van der Waals surface area contributed by atoms with E-state index in [4.69, 9.17) is 5.26 Å². The molecule has 0 unspecified atom stereocenters. The molecule has 0 aliphatic carbocycles. The maximum Gasteiger partial charge on any atom is 0.103 e. The fourth-order valence-electron chi connectivity index (χ4n) is 0.639. The summed E-state index contributed by atoms with van der Waals surface area (Å²) in [5, 5.41) is 12.1. The van der Waals surface area contributed by atoms with Crippen LogP contribution >= 0.6 is 0 Å². The van der Waals surface area contributed by atoms with E-state index < -0.39 is 0 Å². The summed E-state index contributed by atoms with van der Waals surface area (Å²) < 4.78 is 0. The topological polar surface area (TPSA) is 50.2 Å². The second-order valence-electron chi connectivity index (χ2n) is 1.67. The molecule has 0 fully saturated rings. The SMILES string of the molecule is CCC1=N[N]C=C1C#N. The summed E-state index contributed by atoms with van der Waals surface area (Å²) >= 11 is 0. The van der Waals surface area contributed by atoms with E-state index in [9.17, 15) is 0 Å². The predicted molar refractivity (Wildman–Crippen MR) is 33.6 cm³/mol. The standard InChI is InChI=1S/C6H6N3/c1-2-6-5(3-7)4-8-9-6/h4H,2H2,1H3. The highest BCUT2D eigenvalue weighted by atomic mass is 15.3. The molecule has 0 aromatic rings. The second kappa shape index (κ2) is 2.31. The van der Waals surface area contributed by atoms with Gasteiger partial charge in [-0.3, -0.25) is 0 Å². The lowest BCUT2D eigenvalue weighted by Gasteiger charge is -1.87. The molecule has 45 valence electrons. The summed E-state index contributed by atoms with van der Waals surface area (Å²) in [6, 6.07) is 2.00. The van der Waals surface area contributed by atoms with E-state index in [2.05, 4.69) is 10.5 Å². The van der Waals surface area contributed by atoms with Crippen molar-refractivity contribution < 1.29 is 0 Å². The Morgan fingerprint density at radius 1 is 1.78 bits per heavy atom. The van der Waals surface area contributed by atoms with E-state index in [1.54, 1.807) is 0 Å². The van der Waals surface area contributed by atoms with Gasteiger partial charge in [0.15, 0.2) is 0 Å². The minimum absolute atomic E-state index is 0.595. The molecule has 0 saturated carbocycles. The normalized spacial score (nSPS) is 15.6. The van der Waals surface area contributed by atoms with Gasteiger partial charge in [-0.25, -0.2) is 0 Å². The zero-order valence-corrected chi connectivity index (χ0v) is 5.13. The molecule has 0 aromatic heterocycles.